The van der Waals surface area contributed by atoms with Crippen LogP contribution >= 0.6 is 0 Å². The quantitative estimate of drug-likeness (QED) is 0.731. The van der Waals surface area contributed by atoms with Crippen LogP contribution in [0.1, 0.15) is 18.1 Å². The molecule has 0 aliphatic heterocycles. The van der Waals surface area contributed by atoms with E-state index in [4.69, 9.17) is 5.11 Å². The number of aliphatic hydroxyl groups excluding tert-OH is 1. The Hall–Kier alpha value is -0.860. The molecule has 0 amide bonds. The van der Waals surface area contributed by atoms with Gasteiger partial charge in [0.15, 0.2) is 0 Å². The predicted octanol–water partition coefficient (Wildman–Crippen LogP) is 1.33. The second-order valence-corrected chi connectivity index (χ2v) is 3.32. The monoisotopic (exact) mass is 179 g/mol. The Morgan fingerprint density at radius 2 is 1.92 bits per heavy atom. The summed E-state index contributed by atoms with van der Waals surface area (Å²) in [5, 5.41) is 12.3. The molecule has 1 aromatic carbocycles. The van der Waals surface area contributed by atoms with Crippen LogP contribution in [0.15, 0.2) is 24.3 Å². The van der Waals surface area contributed by atoms with E-state index in [1.165, 1.54) is 5.56 Å². The normalized spacial score (nSPS) is 12.8. The lowest BCUT2D eigenvalue weighted by molar-refractivity contribution is 0.280. The molecule has 0 spiro atoms. The lowest BCUT2D eigenvalue weighted by atomic mass is 10.0. The third-order valence-corrected chi connectivity index (χ3v) is 2.31. The first-order chi connectivity index (χ1) is 6.27. The summed E-state index contributed by atoms with van der Waals surface area (Å²) >= 11 is 0. The maximum atomic E-state index is 9.08. The zero-order valence-electron chi connectivity index (χ0n) is 8.25. The van der Waals surface area contributed by atoms with Crippen LogP contribution in [0, 0.1) is 0 Å². The highest BCUT2D eigenvalue weighted by atomic mass is 16.3. The van der Waals surface area contributed by atoms with E-state index in [9.17, 15) is 0 Å². The highest BCUT2D eigenvalue weighted by Crippen LogP contribution is 2.10. The molecule has 2 heteroatoms. The molecule has 0 aliphatic carbocycles. The van der Waals surface area contributed by atoms with Crippen molar-refractivity contribution in [2.75, 3.05) is 7.05 Å². The molecule has 0 saturated heterocycles. The van der Waals surface area contributed by atoms with Crippen LogP contribution in [0.25, 0.3) is 0 Å². The Kier molecular flexibility index (Phi) is 3.93. The number of aliphatic hydroxyl groups is 1. The molecular formula is C11H17NO. The van der Waals surface area contributed by atoms with E-state index in [0.717, 1.165) is 12.0 Å². The minimum absolute atomic E-state index is 0.132. The molecule has 1 aromatic rings. The van der Waals surface area contributed by atoms with Crippen LogP contribution in [0.2, 0.25) is 0 Å². The molecule has 0 fully saturated rings. The first-order valence-electron chi connectivity index (χ1n) is 4.62. The fourth-order valence-electron chi connectivity index (χ4n) is 1.34. The summed E-state index contributed by atoms with van der Waals surface area (Å²) in [7, 11) is 1.95. The Balaban J connectivity index is 2.74. The van der Waals surface area contributed by atoms with Gasteiger partial charge in [0.2, 0.25) is 0 Å². The minimum atomic E-state index is 0.132. The van der Waals surface area contributed by atoms with Crippen LogP contribution in [-0.2, 0) is 13.0 Å². The van der Waals surface area contributed by atoms with E-state index in [1.54, 1.807) is 0 Å². The van der Waals surface area contributed by atoms with Crippen molar-refractivity contribution >= 4 is 0 Å². The van der Waals surface area contributed by atoms with Crippen molar-refractivity contribution in [3.8, 4) is 0 Å². The number of hydrogen-bond acceptors (Lipinski definition) is 2. The molecule has 1 rings (SSSR count). The number of benzene rings is 1. The summed E-state index contributed by atoms with van der Waals surface area (Å²) in [6.45, 7) is 2.26. The maximum absolute atomic E-state index is 9.08. The van der Waals surface area contributed by atoms with Crippen LogP contribution < -0.4 is 5.32 Å². The predicted molar refractivity (Wildman–Crippen MR) is 54.6 cm³/mol. The SMILES string of the molecule is CNC(C)Cc1ccccc1CO. The van der Waals surface area contributed by atoms with Gasteiger partial charge in [-0.2, -0.15) is 0 Å². The van der Waals surface area contributed by atoms with Crippen LogP contribution in [0.5, 0.6) is 0 Å². The molecule has 72 valence electrons. The molecule has 1 atom stereocenters. The van der Waals surface area contributed by atoms with Gasteiger partial charge in [0.25, 0.3) is 0 Å². The van der Waals surface area contributed by atoms with Crippen molar-refractivity contribution in [1.82, 2.24) is 5.32 Å². The molecule has 2 N–H and O–H groups in total. The smallest absolute Gasteiger partial charge is 0.0684 e. The Morgan fingerprint density at radius 3 is 2.46 bits per heavy atom. The van der Waals surface area contributed by atoms with Crippen LogP contribution in [-0.4, -0.2) is 18.2 Å². The topological polar surface area (TPSA) is 32.3 Å². The molecule has 0 saturated carbocycles. The first kappa shape index (κ1) is 10.2. The molecule has 13 heavy (non-hydrogen) atoms. The maximum Gasteiger partial charge on any atom is 0.0684 e. The second-order valence-electron chi connectivity index (χ2n) is 3.32. The average Bonchev–Trinajstić information content (AvgIpc) is 2.18. The Morgan fingerprint density at radius 1 is 1.31 bits per heavy atom. The lowest BCUT2D eigenvalue weighted by Crippen LogP contribution is -2.24. The third kappa shape index (κ3) is 2.83. The van der Waals surface area contributed by atoms with Gasteiger partial charge in [-0.3, -0.25) is 0 Å². The van der Waals surface area contributed by atoms with Gasteiger partial charge in [0, 0.05) is 6.04 Å². The Labute approximate surface area is 79.6 Å². The third-order valence-electron chi connectivity index (χ3n) is 2.31. The summed E-state index contributed by atoms with van der Waals surface area (Å²) in [5.41, 5.74) is 2.26. The van der Waals surface area contributed by atoms with Gasteiger partial charge in [-0.25, -0.2) is 0 Å². The number of rotatable bonds is 4. The van der Waals surface area contributed by atoms with E-state index < -0.39 is 0 Å². The van der Waals surface area contributed by atoms with Gasteiger partial charge < -0.3 is 10.4 Å². The van der Waals surface area contributed by atoms with E-state index in [-0.39, 0.29) is 6.61 Å². The Bertz CT molecular complexity index is 260. The lowest BCUT2D eigenvalue weighted by Gasteiger charge is -2.12. The van der Waals surface area contributed by atoms with Crippen molar-refractivity contribution < 1.29 is 5.11 Å². The van der Waals surface area contributed by atoms with E-state index in [1.807, 2.05) is 25.2 Å². The summed E-state index contributed by atoms with van der Waals surface area (Å²) < 4.78 is 0. The van der Waals surface area contributed by atoms with Gasteiger partial charge in [-0.1, -0.05) is 24.3 Å². The summed E-state index contributed by atoms with van der Waals surface area (Å²) in [6.07, 6.45) is 0.966. The van der Waals surface area contributed by atoms with Gasteiger partial charge in [-0.05, 0) is 31.5 Å². The summed E-state index contributed by atoms with van der Waals surface area (Å²) in [6, 6.07) is 8.46. The fourth-order valence-corrected chi connectivity index (χ4v) is 1.34. The van der Waals surface area contributed by atoms with Gasteiger partial charge in [0.05, 0.1) is 6.61 Å². The van der Waals surface area contributed by atoms with Crippen molar-refractivity contribution in [2.24, 2.45) is 0 Å². The molecule has 1 unspecified atom stereocenters. The van der Waals surface area contributed by atoms with Crippen molar-refractivity contribution in [2.45, 2.75) is 26.0 Å². The molecule has 0 aliphatic rings. The second kappa shape index (κ2) is 5.00. The number of nitrogens with one attached hydrogen (secondary N) is 1. The zero-order valence-corrected chi connectivity index (χ0v) is 8.25. The van der Waals surface area contributed by atoms with E-state index in [2.05, 4.69) is 18.3 Å². The van der Waals surface area contributed by atoms with Gasteiger partial charge >= 0.3 is 0 Å². The minimum Gasteiger partial charge on any atom is -0.392 e. The first-order valence-corrected chi connectivity index (χ1v) is 4.62. The zero-order chi connectivity index (χ0) is 9.68. The van der Waals surface area contributed by atoms with Crippen molar-refractivity contribution in [3.63, 3.8) is 0 Å². The summed E-state index contributed by atoms with van der Waals surface area (Å²) in [5.74, 6) is 0. The highest BCUT2D eigenvalue weighted by molar-refractivity contribution is 5.27. The van der Waals surface area contributed by atoms with Crippen molar-refractivity contribution in [3.05, 3.63) is 35.4 Å². The molecule has 0 radical (unpaired) electrons. The average molecular weight is 179 g/mol. The van der Waals surface area contributed by atoms with Crippen LogP contribution in [0.4, 0.5) is 0 Å². The molecule has 0 heterocycles. The largest absolute Gasteiger partial charge is 0.392 e. The van der Waals surface area contributed by atoms with E-state index in [0.29, 0.717) is 6.04 Å². The van der Waals surface area contributed by atoms with Gasteiger partial charge in [-0.15, -0.1) is 0 Å². The molecule has 2 nitrogen and oxygen atoms in total. The molecule has 0 aromatic heterocycles. The molecule has 0 bridgehead atoms. The number of hydrogen-bond donors (Lipinski definition) is 2. The fraction of sp³-hybridized carbons (Fsp3) is 0.455. The standard InChI is InChI=1S/C11H17NO/c1-9(12-2)7-10-5-3-4-6-11(10)8-13/h3-6,9,12-13H,7-8H2,1-2H3. The van der Waals surface area contributed by atoms with Gasteiger partial charge in [0.1, 0.15) is 0 Å². The molecular weight excluding hydrogens is 162 g/mol. The van der Waals surface area contributed by atoms with Crippen LogP contribution in [0.3, 0.4) is 0 Å². The van der Waals surface area contributed by atoms with Crippen molar-refractivity contribution in [1.29, 1.82) is 0 Å². The summed E-state index contributed by atoms with van der Waals surface area (Å²) in [4.78, 5) is 0. The van der Waals surface area contributed by atoms with E-state index >= 15 is 0 Å². The number of likely N-dealkylation sites (N-methyl/N-ethyl adjacent to an activating group) is 1. The highest BCUT2D eigenvalue weighted by Gasteiger charge is 2.04.